The van der Waals surface area contributed by atoms with E-state index in [0.717, 1.165) is 44.5 Å². The summed E-state index contributed by atoms with van der Waals surface area (Å²) < 4.78 is 11.1. The first-order valence-corrected chi connectivity index (χ1v) is 10.4. The zero-order valence-corrected chi connectivity index (χ0v) is 16.9. The van der Waals surface area contributed by atoms with Gasteiger partial charge in [0.25, 0.3) is 5.91 Å². The molecule has 0 unspecified atom stereocenters. The fourth-order valence-electron chi connectivity index (χ4n) is 4.05. The number of aromatic nitrogens is 1. The lowest BCUT2D eigenvalue weighted by Crippen LogP contribution is -2.43. The monoisotopic (exact) mass is 400 g/mol. The van der Waals surface area contributed by atoms with Crippen LogP contribution in [0.4, 0.5) is 4.79 Å². The van der Waals surface area contributed by atoms with Gasteiger partial charge in [-0.1, -0.05) is 0 Å². The number of oxazole rings is 1. The summed E-state index contributed by atoms with van der Waals surface area (Å²) in [6.07, 6.45) is 6.42. The van der Waals surface area contributed by atoms with Crippen LogP contribution in [0.15, 0.2) is 27.2 Å². The summed E-state index contributed by atoms with van der Waals surface area (Å²) in [4.78, 5) is 33.3. The number of urea groups is 1. The number of carbonyl (C=O) groups excluding carboxylic acids is 2. The van der Waals surface area contributed by atoms with Crippen molar-refractivity contribution in [3.05, 3.63) is 41.5 Å². The highest BCUT2D eigenvalue weighted by atomic mass is 16.4. The fraction of sp³-hybridized carbons (Fsp3) is 0.571. The second-order valence-corrected chi connectivity index (χ2v) is 7.81. The Labute approximate surface area is 170 Å². The average Bonchev–Trinajstić information content (AvgIpc) is 3.42. The van der Waals surface area contributed by atoms with Gasteiger partial charge in [-0.3, -0.25) is 4.79 Å². The third-order valence-corrected chi connectivity index (χ3v) is 5.78. The first-order valence-electron chi connectivity index (χ1n) is 10.4. The molecule has 8 heteroatoms. The minimum absolute atomic E-state index is 0.0214. The minimum atomic E-state index is -0.0931. The summed E-state index contributed by atoms with van der Waals surface area (Å²) in [5, 5.41) is 2.88. The number of aryl methyl sites for hydroxylation is 1. The van der Waals surface area contributed by atoms with Crippen LogP contribution in [-0.2, 0) is 6.54 Å². The lowest BCUT2D eigenvalue weighted by atomic mass is 9.97. The van der Waals surface area contributed by atoms with Gasteiger partial charge in [0.2, 0.25) is 0 Å². The molecule has 0 bridgehead atoms. The highest BCUT2D eigenvalue weighted by molar-refractivity contribution is 5.93. The summed E-state index contributed by atoms with van der Waals surface area (Å²) in [5.41, 5.74) is 0.445. The molecule has 2 aliphatic heterocycles. The molecule has 0 atom stereocenters. The quantitative estimate of drug-likeness (QED) is 0.850. The van der Waals surface area contributed by atoms with Crippen molar-refractivity contribution < 1.29 is 18.4 Å². The van der Waals surface area contributed by atoms with Gasteiger partial charge in [0.15, 0.2) is 11.6 Å². The molecule has 2 fully saturated rings. The van der Waals surface area contributed by atoms with Crippen molar-refractivity contribution in [1.29, 1.82) is 0 Å². The van der Waals surface area contributed by atoms with Gasteiger partial charge in [-0.05, 0) is 51.2 Å². The molecule has 3 amide bonds. The number of amides is 3. The number of rotatable bonds is 4. The maximum atomic E-state index is 12.8. The van der Waals surface area contributed by atoms with Gasteiger partial charge in [0.05, 0.1) is 12.8 Å². The zero-order valence-electron chi connectivity index (χ0n) is 16.9. The number of nitrogens with one attached hydrogen (secondary N) is 1. The molecule has 8 nitrogen and oxygen atoms in total. The van der Waals surface area contributed by atoms with Gasteiger partial charge in [-0.25, -0.2) is 9.78 Å². The summed E-state index contributed by atoms with van der Waals surface area (Å²) in [7, 11) is 0. The van der Waals surface area contributed by atoms with E-state index >= 15 is 0 Å². The van der Waals surface area contributed by atoms with Crippen LogP contribution in [0.5, 0.6) is 0 Å². The molecule has 0 saturated carbocycles. The molecule has 0 spiro atoms. The van der Waals surface area contributed by atoms with E-state index in [4.69, 9.17) is 8.83 Å². The lowest BCUT2D eigenvalue weighted by molar-refractivity contribution is 0.0717. The Balaban J connectivity index is 1.31. The van der Waals surface area contributed by atoms with E-state index in [1.54, 1.807) is 17.2 Å². The van der Waals surface area contributed by atoms with Gasteiger partial charge in [0.1, 0.15) is 11.5 Å². The van der Waals surface area contributed by atoms with E-state index in [0.29, 0.717) is 37.0 Å². The Morgan fingerprint density at radius 1 is 1.14 bits per heavy atom. The smallest absolute Gasteiger partial charge is 0.317 e. The molecule has 4 rings (SSSR count). The van der Waals surface area contributed by atoms with Gasteiger partial charge in [-0.15, -0.1) is 0 Å². The third kappa shape index (κ3) is 4.46. The van der Waals surface area contributed by atoms with Crippen molar-refractivity contribution in [3.8, 4) is 0 Å². The fourth-order valence-corrected chi connectivity index (χ4v) is 4.05. The maximum absolute atomic E-state index is 12.8. The standard InChI is InChI=1S/C21H28N4O4/c1-15-18(20(26)24-9-3-2-4-10-24)23-19(29-15)16-7-11-25(12-8-16)21(27)22-14-17-6-5-13-28-17/h5-6,13,16H,2-4,7-12,14H2,1H3,(H,22,27). The molecule has 1 N–H and O–H groups in total. The topological polar surface area (TPSA) is 91.8 Å². The number of piperidine rings is 2. The minimum Gasteiger partial charge on any atom is -0.467 e. The summed E-state index contributed by atoms with van der Waals surface area (Å²) in [5.74, 6) is 2.06. The van der Waals surface area contributed by atoms with Crippen molar-refractivity contribution >= 4 is 11.9 Å². The van der Waals surface area contributed by atoms with Gasteiger partial charge in [-0.2, -0.15) is 0 Å². The van der Waals surface area contributed by atoms with Crippen LogP contribution in [0.3, 0.4) is 0 Å². The maximum Gasteiger partial charge on any atom is 0.317 e. The van der Waals surface area contributed by atoms with Crippen molar-refractivity contribution in [2.45, 2.75) is 51.5 Å². The average molecular weight is 400 g/mol. The van der Waals surface area contributed by atoms with Gasteiger partial charge >= 0.3 is 6.03 Å². The molecule has 0 aromatic carbocycles. The predicted molar refractivity (Wildman–Crippen MR) is 105 cm³/mol. The zero-order chi connectivity index (χ0) is 20.2. The van der Waals surface area contributed by atoms with Crippen LogP contribution in [0.2, 0.25) is 0 Å². The Hall–Kier alpha value is -2.77. The van der Waals surface area contributed by atoms with E-state index in [1.807, 2.05) is 17.9 Å². The SMILES string of the molecule is Cc1oc(C2CCN(C(=O)NCc3ccco3)CC2)nc1C(=O)N1CCCCC1. The van der Waals surface area contributed by atoms with Crippen LogP contribution in [0.1, 0.15) is 65.9 Å². The number of carbonyl (C=O) groups is 2. The molecular weight excluding hydrogens is 372 g/mol. The predicted octanol–water partition coefficient (Wildman–Crippen LogP) is 3.29. The van der Waals surface area contributed by atoms with E-state index < -0.39 is 0 Å². The van der Waals surface area contributed by atoms with Crippen molar-refractivity contribution in [2.24, 2.45) is 0 Å². The number of nitrogens with zero attached hydrogens (tertiary/aromatic N) is 3. The van der Waals surface area contributed by atoms with Crippen LogP contribution in [0, 0.1) is 6.92 Å². The highest BCUT2D eigenvalue weighted by Gasteiger charge is 2.30. The number of hydrogen-bond acceptors (Lipinski definition) is 5. The third-order valence-electron chi connectivity index (χ3n) is 5.78. The Kier molecular flexibility index (Phi) is 5.87. The molecule has 4 heterocycles. The van der Waals surface area contributed by atoms with E-state index in [1.165, 1.54) is 6.42 Å². The van der Waals surface area contributed by atoms with Crippen molar-refractivity contribution in [1.82, 2.24) is 20.1 Å². The van der Waals surface area contributed by atoms with Crippen LogP contribution < -0.4 is 5.32 Å². The molecule has 29 heavy (non-hydrogen) atoms. The molecular formula is C21H28N4O4. The molecule has 2 aliphatic rings. The van der Waals surface area contributed by atoms with Crippen LogP contribution in [0.25, 0.3) is 0 Å². The van der Waals surface area contributed by atoms with Crippen LogP contribution >= 0.6 is 0 Å². The van der Waals surface area contributed by atoms with Crippen molar-refractivity contribution in [3.63, 3.8) is 0 Å². The van der Waals surface area contributed by atoms with Crippen LogP contribution in [-0.4, -0.2) is 52.9 Å². The molecule has 2 aromatic rings. The van der Waals surface area contributed by atoms with E-state index in [-0.39, 0.29) is 17.9 Å². The second kappa shape index (κ2) is 8.71. The number of furan rings is 1. The number of hydrogen-bond donors (Lipinski definition) is 1. The summed E-state index contributed by atoms with van der Waals surface area (Å²) in [6.45, 7) is 5.05. The lowest BCUT2D eigenvalue weighted by Gasteiger charge is -2.30. The normalized spacial score (nSPS) is 18.1. The van der Waals surface area contributed by atoms with Crippen molar-refractivity contribution in [2.75, 3.05) is 26.2 Å². The molecule has 0 aliphatic carbocycles. The molecule has 0 radical (unpaired) electrons. The summed E-state index contributed by atoms with van der Waals surface area (Å²) >= 11 is 0. The Morgan fingerprint density at radius 3 is 2.59 bits per heavy atom. The highest BCUT2D eigenvalue weighted by Crippen LogP contribution is 2.29. The second-order valence-electron chi connectivity index (χ2n) is 7.81. The molecule has 2 saturated heterocycles. The first kappa shape index (κ1) is 19.5. The van der Waals surface area contributed by atoms with Gasteiger partial charge in [0, 0.05) is 32.1 Å². The number of likely N-dealkylation sites (tertiary alicyclic amines) is 2. The molecule has 2 aromatic heterocycles. The summed E-state index contributed by atoms with van der Waals surface area (Å²) in [6, 6.07) is 3.54. The largest absolute Gasteiger partial charge is 0.467 e. The Bertz CT molecular complexity index is 831. The molecule has 156 valence electrons. The van der Waals surface area contributed by atoms with E-state index in [9.17, 15) is 9.59 Å². The van der Waals surface area contributed by atoms with Gasteiger partial charge < -0.3 is 24.0 Å². The Morgan fingerprint density at radius 2 is 1.90 bits per heavy atom. The first-order chi connectivity index (χ1) is 14.1. The van der Waals surface area contributed by atoms with E-state index in [2.05, 4.69) is 10.3 Å².